The Kier molecular flexibility index (Phi) is 10.7. The van der Waals surface area contributed by atoms with E-state index in [-0.39, 0.29) is 24.1 Å². The second kappa shape index (κ2) is 12.6. The van der Waals surface area contributed by atoms with Crippen molar-refractivity contribution in [3.8, 4) is 0 Å². The summed E-state index contributed by atoms with van der Waals surface area (Å²) in [5.74, 6) is 0.374. The predicted octanol–water partition coefficient (Wildman–Crippen LogP) is 7.26. The van der Waals surface area contributed by atoms with Crippen molar-refractivity contribution in [2.75, 3.05) is 5.75 Å². The van der Waals surface area contributed by atoms with Gasteiger partial charge >= 0.3 is 0 Å². The molecule has 0 spiro atoms. The number of nitrogens with zero attached hydrogens (tertiary/aromatic N) is 1. The number of amides is 2. The second-order valence-electron chi connectivity index (χ2n) is 8.63. The van der Waals surface area contributed by atoms with Gasteiger partial charge in [-0.2, -0.15) is 0 Å². The van der Waals surface area contributed by atoms with Gasteiger partial charge in [0.05, 0.1) is 15.8 Å². The van der Waals surface area contributed by atoms with Crippen molar-refractivity contribution in [3.05, 3.63) is 67.6 Å². The topological polar surface area (TPSA) is 49.4 Å². The molecule has 2 rings (SSSR count). The third-order valence-corrected chi connectivity index (χ3v) is 7.19. The van der Waals surface area contributed by atoms with Gasteiger partial charge in [-0.1, -0.05) is 65.5 Å². The van der Waals surface area contributed by atoms with Crippen LogP contribution in [0.5, 0.6) is 0 Å². The smallest absolute Gasteiger partial charge is 0.243 e. The van der Waals surface area contributed by atoms with Gasteiger partial charge in [0.25, 0.3) is 0 Å². The summed E-state index contributed by atoms with van der Waals surface area (Å²) in [6.07, 6.45) is 0.452. The Morgan fingerprint density at radius 2 is 1.64 bits per heavy atom. The van der Waals surface area contributed by atoms with Crippen LogP contribution < -0.4 is 5.32 Å². The molecule has 0 radical (unpaired) electrons. The Morgan fingerprint density at radius 3 is 2.18 bits per heavy atom. The lowest BCUT2D eigenvalue weighted by molar-refractivity contribution is -0.140. The van der Waals surface area contributed by atoms with Gasteiger partial charge in [-0.3, -0.25) is 9.59 Å². The molecule has 2 aromatic rings. The quantitative estimate of drug-likeness (QED) is 0.358. The fraction of sp³-hybridized carbons (Fsp3) is 0.417. The van der Waals surface area contributed by atoms with Crippen LogP contribution in [-0.4, -0.2) is 34.0 Å². The number of carbonyl (C=O) groups is 2. The van der Waals surface area contributed by atoms with Crippen LogP contribution >= 0.6 is 58.2 Å². The third kappa shape index (κ3) is 8.56. The van der Waals surface area contributed by atoms with E-state index in [9.17, 15) is 9.59 Å². The first-order valence-corrected chi connectivity index (χ1v) is 13.2. The van der Waals surface area contributed by atoms with Crippen LogP contribution in [0.2, 0.25) is 20.1 Å². The standard InChI is InChI=1S/C24H28Cl4N2O2S/c1-5-21(23(32)29-24(2,3)4)30(12-16-17(25)7-6-8-18(16)26)22(31)14-33-13-15-9-10-19(27)20(28)11-15/h6-11,21H,5,12-14H2,1-4H3,(H,29,32)/t21-/m0/s1. The third-order valence-electron chi connectivity index (χ3n) is 4.75. The van der Waals surface area contributed by atoms with E-state index in [0.717, 1.165) is 5.56 Å². The summed E-state index contributed by atoms with van der Waals surface area (Å²) in [4.78, 5) is 28.0. The molecule has 0 saturated heterocycles. The average molecular weight is 550 g/mol. The minimum atomic E-state index is -0.658. The maximum absolute atomic E-state index is 13.3. The first-order chi connectivity index (χ1) is 15.4. The van der Waals surface area contributed by atoms with Gasteiger partial charge in [0.1, 0.15) is 6.04 Å². The molecular weight excluding hydrogens is 522 g/mol. The highest BCUT2D eigenvalue weighted by Gasteiger charge is 2.31. The molecule has 0 aliphatic rings. The van der Waals surface area contributed by atoms with Crippen molar-refractivity contribution in [2.45, 2.75) is 58.0 Å². The molecule has 0 aliphatic heterocycles. The number of halogens is 4. The Bertz CT molecular complexity index is 975. The normalized spacial score (nSPS) is 12.4. The molecule has 9 heteroatoms. The number of carbonyl (C=O) groups excluding carboxylic acids is 2. The number of thioether (sulfide) groups is 1. The minimum absolute atomic E-state index is 0.140. The molecule has 1 N–H and O–H groups in total. The highest BCUT2D eigenvalue weighted by atomic mass is 35.5. The fourth-order valence-electron chi connectivity index (χ4n) is 3.19. The summed E-state index contributed by atoms with van der Waals surface area (Å²) >= 11 is 26.2. The van der Waals surface area contributed by atoms with Gasteiger partial charge < -0.3 is 10.2 Å². The van der Waals surface area contributed by atoms with E-state index >= 15 is 0 Å². The van der Waals surface area contributed by atoms with E-state index in [2.05, 4.69) is 5.32 Å². The van der Waals surface area contributed by atoms with Gasteiger partial charge in [0.2, 0.25) is 11.8 Å². The SMILES string of the molecule is CC[C@@H](C(=O)NC(C)(C)C)N(Cc1c(Cl)cccc1Cl)C(=O)CSCc1ccc(Cl)c(Cl)c1. The lowest BCUT2D eigenvalue weighted by Gasteiger charge is -2.33. The van der Waals surface area contributed by atoms with Crippen molar-refractivity contribution in [2.24, 2.45) is 0 Å². The Hall–Kier alpha value is -1.11. The fourth-order valence-corrected chi connectivity index (χ4v) is 4.89. The maximum Gasteiger partial charge on any atom is 0.243 e. The Labute approximate surface area is 220 Å². The van der Waals surface area contributed by atoms with Crippen molar-refractivity contribution < 1.29 is 9.59 Å². The van der Waals surface area contributed by atoms with Gasteiger partial charge in [-0.05, 0) is 57.0 Å². The van der Waals surface area contributed by atoms with Crippen molar-refractivity contribution >= 4 is 70.0 Å². The summed E-state index contributed by atoms with van der Waals surface area (Å²) in [5.41, 5.74) is 1.15. The van der Waals surface area contributed by atoms with Crippen LogP contribution in [0.1, 0.15) is 45.2 Å². The number of nitrogens with one attached hydrogen (secondary N) is 1. The zero-order valence-electron chi connectivity index (χ0n) is 19.1. The largest absolute Gasteiger partial charge is 0.350 e. The minimum Gasteiger partial charge on any atom is -0.350 e. The molecule has 0 saturated carbocycles. The van der Waals surface area contributed by atoms with E-state index in [1.807, 2.05) is 33.8 Å². The van der Waals surface area contributed by atoms with Crippen LogP contribution in [0.15, 0.2) is 36.4 Å². The van der Waals surface area contributed by atoms with E-state index < -0.39 is 11.6 Å². The lowest BCUT2D eigenvalue weighted by atomic mass is 10.1. The molecule has 0 aromatic heterocycles. The highest BCUT2D eigenvalue weighted by molar-refractivity contribution is 7.99. The van der Waals surface area contributed by atoms with Gasteiger partial charge in [-0.25, -0.2) is 0 Å². The number of rotatable bonds is 9. The highest BCUT2D eigenvalue weighted by Crippen LogP contribution is 2.28. The molecular formula is C24H28Cl4N2O2S. The average Bonchev–Trinajstić information content (AvgIpc) is 2.71. The lowest BCUT2D eigenvalue weighted by Crippen LogP contribution is -2.53. The molecule has 2 aromatic carbocycles. The molecule has 4 nitrogen and oxygen atoms in total. The zero-order valence-corrected chi connectivity index (χ0v) is 22.9. The van der Waals surface area contributed by atoms with Crippen molar-refractivity contribution in [1.29, 1.82) is 0 Å². The maximum atomic E-state index is 13.3. The molecule has 1 atom stereocenters. The first kappa shape index (κ1) is 28.1. The van der Waals surface area contributed by atoms with Crippen LogP contribution in [0.25, 0.3) is 0 Å². The summed E-state index contributed by atoms with van der Waals surface area (Å²) in [6.45, 7) is 7.73. The number of hydrogen-bond acceptors (Lipinski definition) is 3. The molecule has 0 bridgehead atoms. The van der Waals surface area contributed by atoms with Crippen molar-refractivity contribution in [1.82, 2.24) is 10.2 Å². The van der Waals surface area contributed by atoms with E-state index in [4.69, 9.17) is 46.4 Å². The molecule has 2 amide bonds. The van der Waals surface area contributed by atoms with Gasteiger partial charge in [0, 0.05) is 33.4 Å². The summed E-state index contributed by atoms with van der Waals surface area (Å²) in [7, 11) is 0. The Balaban J connectivity index is 2.23. The molecule has 0 aliphatic carbocycles. The molecule has 0 fully saturated rings. The van der Waals surface area contributed by atoms with Gasteiger partial charge in [-0.15, -0.1) is 11.8 Å². The van der Waals surface area contributed by atoms with E-state index in [1.165, 1.54) is 11.8 Å². The van der Waals surface area contributed by atoms with Crippen LogP contribution in [0.3, 0.4) is 0 Å². The van der Waals surface area contributed by atoms with E-state index in [1.54, 1.807) is 35.2 Å². The predicted molar refractivity (Wildman–Crippen MR) is 142 cm³/mol. The van der Waals surface area contributed by atoms with Crippen LogP contribution in [0, 0.1) is 0 Å². The Morgan fingerprint density at radius 1 is 1.00 bits per heavy atom. The second-order valence-corrected chi connectivity index (χ2v) is 11.2. The van der Waals surface area contributed by atoms with Gasteiger partial charge in [0.15, 0.2) is 0 Å². The summed E-state index contributed by atoms with van der Waals surface area (Å²) < 4.78 is 0. The van der Waals surface area contributed by atoms with Crippen LogP contribution in [-0.2, 0) is 21.9 Å². The zero-order chi connectivity index (χ0) is 24.8. The van der Waals surface area contributed by atoms with E-state index in [0.29, 0.717) is 37.8 Å². The first-order valence-electron chi connectivity index (χ1n) is 10.5. The molecule has 0 unspecified atom stereocenters. The number of hydrogen-bond donors (Lipinski definition) is 1. The monoisotopic (exact) mass is 548 g/mol. The van der Waals surface area contributed by atoms with Crippen molar-refractivity contribution in [3.63, 3.8) is 0 Å². The summed E-state index contributed by atoms with van der Waals surface area (Å²) in [5, 5.41) is 4.85. The molecule has 33 heavy (non-hydrogen) atoms. The van der Waals surface area contributed by atoms with Crippen LogP contribution in [0.4, 0.5) is 0 Å². The molecule has 0 heterocycles. The molecule has 180 valence electrons. The summed E-state index contributed by atoms with van der Waals surface area (Å²) in [6, 6.07) is 9.93. The number of benzene rings is 2.